The molecule has 0 radical (unpaired) electrons. The maximum atomic E-state index is 11.5. The quantitative estimate of drug-likeness (QED) is 0.719. The summed E-state index contributed by atoms with van der Waals surface area (Å²) in [6, 6.07) is 7.70. The topological polar surface area (TPSA) is 65.5 Å². The molecule has 0 saturated carbocycles. The van der Waals surface area contributed by atoms with Gasteiger partial charge in [-0.05, 0) is 25.0 Å². The van der Waals surface area contributed by atoms with E-state index in [-0.39, 0.29) is 12.2 Å². The predicted octanol–water partition coefficient (Wildman–Crippen LogP) is 1.27. The second-order valence-corrected chi connectivity index (χ2v) is 3.86. The van der Waals surface area contributed by atoms with Crippen molar-refractivity contribution in [2.45, 2.75) is 20.0 Å². The monoisotopic (exact) mass is 232 g/mol. The first-order valence-electron chi connectivity index (χ1n) is 5.64. The van der Waals surface area contributed by atoms with Crippen LogP contribution in [0.3, 0.4) is 0 Å². The third kappa shape index (κ3) is 2.55. The molecule has 3 N–H and O–H groups in total. The van der Waals surface area contributed by atoms with Crippen molar-refractivity contribution in [2.75, 3.05) is 6.54 Å². The fourth-order valence-corrected chi connectivity index (χ4v) is 1.79. The third-order valence-corrected chi connectivity index (χ3v) is 2.60. The predicted molar refractivity (Wildman–Crippen MR) is 66.7 cm³/mol. The molecule has 1 heterocycles. The second-order valence-electron chi connectivity index (χ2n) is 3.86. The van der Waals surface area contributed by atoms with Crippen LogP contribution in [0.15, 0.2) is 29.3 Å². The summed E-state index contributed by atoms with van der Waals surface area (Å²) in [7, 11) is 0. The number of hydrogen-bond donors (Lipinski definition) is 3. The lowest BCUT2D eigenvalue weighted by atomic mass is 10.1. The summed E-state index contributed by atoms with van der Waals surface area (Å²) in [4.78, 5) is 15.7. The van der Waals surface area contributed by atoms with Crippen LogP contribution >= 0.6 is 0 Å². The molecule has 1 aromatic rings. The van der Waals surface area contributed by atoms with E-state index in [1.165, 1.54) is 0 Å². The van der Waals surface area contributed by atoms with Crippen LogP contribution in [0.5, 0.6) is 0 Å². The van der Waals surface area contributed by atoms with E-state index >= 15 is 0 Å². The van der Waals surface area contributed by atoms with Crippen LogP contribution in [-0.2, 0) is 0 Å². The lowest BCUT2D eigenvalue weighted by Crippen LogP contribution is -2.58. The Bertz CT molecular complexity index is 456. The molecule has 0 aromatic heterocycles. The third-order valence-electron chi connectivity index (χ3n) is 2.60. The Labute approximate surface area is 100 Å². The van der Waals surface area contributed by atoms with Gasteiger partial charge in [-0.2, -0.15) is 0 Å². The van der Waals surface area contributed by atoms with Crippen LogP contribution in [0.2, 0.25) is 0 Å². The number of guanidine groups is 1. The van der Waals surface area contributed by atoms with Gasteiger partial charge >= 0.3 is 6.03 Å². The molecule has 0 bridgehead atoms. The first-order chi connectivity index (χ1) is 8.20. The summed E-state index contributed by atoms with van der Waals surface area (Å²) in [5.41, 5.74) is 2.18. The molecule has 90 valence electrons. The molecule has 5 nitrogen and oxygen atoms in total. The largest absolute Gasteiger partial charge is 0.332 e. The number of carbonyl (C=O) groups is 1. The highest BCUT2D eigenvalue weighted by atomic mass is 16.2. The van der Waals surface area contributed by atoms with Gasteiger partial charge in [0.2, 0.25) is 5.96 Å². The van der Waals surface area contributed by atoms with Crippen molar-refractivity contribution >= 4 is 12.0 Å². The Balaban J connectivity index is 2.24. The fourth-order valence-electron chi connectivity index (χ4n) is 1.79. The van der Waals surface area contributed by atoms with E-state index in [9.17, 15) is 4.79 Å². The lowest BCUT2D eigenvalue weighted by Gasteiger charge is -2.28. The molecule has 17 heavy (non-hydrogen) atoms. The molecule has 1 fully saturated rings. The fraction of sp³-hybridized carbons (Fsp3) is 0.333. The minimum Gasteiger partial charge on any atom is -0.332 e. The van der Waals surface area contributed by atoms with Crippen molar-refractivity contribution in [3.8, 4) is 0 Å². The van der Waals surface area contributed by atoms with E-state index in [1.807, 2.05) is 38.1 Å². The zero-order valence-corrected chi connectivity index (χ0v) is 9.95. The standard InChI is InChI=1S/C12H16N4O/c1-3-13-11-14-10(15-12(17)16-11)9-7-5-4-6-8(9)2/h4-7,10H,3H2,1-2H3,(H3,13,14,15,16,17). The summed E-state index contributed by atoms with van der Waals surface area (Å²) in [6.07, 6.45) is -0.227. The minimum atomic E-state index is -0.232. The van der Waals surface area contributed by atoms with Gasteiger partial charge in [-0.15, -0.1) is 0 Å². The Morgan fingerprint density at radius 2 is 2.06 bits per heavy atom. The molecular formula is C12H16N4O. The number of nitrogens with zero attached hydrogens (tertiary/aromatic N) is 1. The van der Waals surface area contributed by atoms with Crippen molar-refractivity contribution in [1.29, 1.82) is 0 Å². The number of nitrogens with one attached hydrogen (secondary N) is 3. The zero-order chi connectivity index (χ0) is 12.3. The van der Waals surface area contributed by atoms with E-state index in [1.54, 1.807) is 0 Å². The molecule has 1 atom stereocenters. The van der Waals surface area contributed by atoms with Crippen LogP contribution < -0.4 is 16.0 Å². The smallest absolute Gasteiger partial charge is 0.323 e. The average molecular weight is 232 g/mol. The van der Waals surface area contributed by atoms with Gasteiger partial charge < -0.3 is 10.6 Å². The van der Waals surface area contributed by atoms with Gasteiger partial charge in [-0.1, -0.05) is 24.3 Å². The number of amides is 2. The summed E-state index contributed by atoms with van der Waals surface area (Å²) < 4.78 is 0. The van der Waals surface area contributed by atoms with Gasteiger partial charge in [0.1, 0.15) is 6.17 Å². The van der Waals surface area contributed by atoms with Crippen molar-refractivity contribution < 1.29 is 4.79 Å². The molecule has 1 aliphatic heterocycles. The Kier molecular flexibility index (Phi) is 3.27. The van der Waals surface area contributed by atoms with E-state index in [4.69, 9.17) is 0 Å². The molecule has 1 aliphatic rings. The van der Waals surface area contributed by atoms with Gasteiger partial charge in [-0.3, -0.25) is 10.3 Å². The van der Waals surface area contributed by atoms with Crippen molar-refractivity contribution in [3.05, 3.63) is 35.4 Å². The number of hydrogen-bond acceptors (Lipinski definition) is 2. The van der Waals surface area contributed by atoms with Gasteiger partial charge in [0.25, 0.3) is 0 Å². The van der Waals surface area contributed by atoms with Crippen molar-refractivity contribution in [2.24, 2.45) is 4.99 Å². The summed E-state index contributed by atoms with van der Waals surface area (Å²) in [5.74, 6) is 0.518. The van der Waals surface area contributed by atoms with Crippen LogP contribution in [0, 0.1) is 6.92 Å². The molecule has 1 unspecified atom stereocenters. The van der Waals surface area contributed by atoms with E-state index < -0.39 is 0 Å². The molecule has 5 heteroatoms. The number of aliphatic imine (C=N–C) groups is 1. The molecule has 0 spiro atoms. The molecule has 2 amide bonds. The SMILES string of the molecule is CCN=C1NC(=O)NC(c2ccccc2C)N1. The summed E-state index contributed by atoms with van der Waals surface area (Å²) in [6.45, 7) is 4.57. The van der Waals surface area contributed by atoms with Gasteiger partial charge in [0.05, 0.1) is 0 Å². The molecule has 0 aliphatic carbocycles. The first kappa shape index (κ1) is 11.4. The van der Waals surface area contributed by atoms with Crippen molar-refractivity contribution in [3.63, 3.8) is 0 Å². The number of carbonyl (C=O) groups excluding carboxylic acids is 1. The van der Waals surface area contributed by atoms with E-state index in [2.05, 4.69) is 20.9 Å². The van der Waals surface area contributed by atoms with Gasteiger partial charge in [-0.25, -0.2) is 4.79 Å². The van der Waals surface area contributed by atoms with Crippen LogP contribution in [0.25, 0.3) is 0 Å². The van der Waals surface area contributed by atoms with Crippen LogP contribution in [0.4, 0.5) is 4.79 Å². The zero-order valence-electron chi connectivity index (χ0n) is 9.95. The maximum absolute atomic E-state index is 11.5. The number of benzene rings is 1. The van der Waals surface area contributed by atoms with Gasteiger partial charge in [0, 0.05) is 6.54 Å². The Morgan fingerprint density at radius 1 is 1.29 bits per heavy atom. The van der Waals surface area contributed by atoms with Crippen LogP contribution in [-0.4, -0.2) is 18.5 Å². The van der Waals surface area contributed by atoms with Crippen LogP contribution in [0.1, 0.15) is 24.2 Å². The second kappa shape index (κ2) is 4.86. The first-order valence-corrected chi connectivity index (χ1v) is 5.64. The lowest BCUT2D eigenvalue weighted by molar-refractivity contribution is 0.236. The average Bonchev–Trinajstić information content (AvgIpc) is 2.29. The Morgan fingerprint density at radius 3 is 2.76 bits per heavy atom. The van der Waals surface area contributed by atoms with E-state index in [0.717, 1.165) is 11.1 Å². The highest BCUT2D eigenvalue weighted by Crippen LogP contribution is 2.16. The highest BCUT2D eigenvalue weighted by Gasteiger charge is 2.23. The normalized spacial score (nSPS) is 21.6. The number of urea groups is 1. The van der Waals surface area contributed by atoms with Crippen molar-refractivity contribution in [1.82, 2.24) is 16.0 Å². The molecule has 2 rings (SSSR count). The molecular weight excluding hydrogens is 216 g/mol. The van der Waals surface area contributed by atoms with Gasteiger partial charge in [0.15, 0.2) is 0 Å². The Hall–Kier alpha value is -2.04. The summed E-state index contributed by atoms with van der Waals surface area (Å²) in [5, 5.41) is 8.59. The highest BCUT2D eigenvalue weighted by molar-refractivity contribution is 5.98. The summed E-state index contributed by atoms with van der Waals surface area (Å²) >= 11 is 0. The number of aryl methyl sites for hydroxylation is 1. The molecule has 1 saturated heterocycles. The maximum Gasteiger partial charge on any atom is 0.323 e. The minimum absolute atomic E-state index is 0.227. The molecule has 1 aromatic carbocycles. The van der Waals surface area contributed by atoms with E-state index in [0.29, 0.717) is 12.5 Å². The number of rotatable bonds is 2.